The van der Waals surface area contributed by atoms with Crippen LogP contribution in [0.2, 0.25) is 5.02 Å². The van der Waals surface area contributed by atoms with Gasteiger partial charge in [-0.2, -0.15) is 9.99 Å². The molecule has 62 heavy (non-hydrogen) atoms. The van der Waals surface area contributed by atoms with E-state index in [1.54, 1.807) is 24.1 Å². The monoisotopic (exact) mass is 858 g/mol. The predicted octanol–water partition coefficient (Wildman–Crippen LogP) is 8.37. The first-order chi connectivity index (χ1) is 30.1. The molecule has 1 unspecified atom stereocenters. The molecule has 4 saturated carbocycles. The van der Waals surface area contributed by atoms with Gasteiger partial charge < -0.3 is 30.0 Å². The topological polar surface area (TPSA) is 173 Å². The first-order valence-electron chi connectivity index (χ1n) is 21.2. The van der Waals surface area contributed by atoms with Gasteiger partial charge >= 0.3 is 5.97 Å². The van der Waals surface area contributed by atoms with Crippen molar-refractivity contribution in [2.24, 2.45) is 23.7 Å². The number of carboxylic acid groups (broad SMARTS) is 1. The number of piperidine rings is 1. The molecule has 6 fully saturated rings. The number of carbonyl (C=O) groups is 2. The van der Waals surface area contributed by atoms with Crippen LogP contribution >= 0.6 is 11.6 Å². The molecule has 0 radical (unpaired) electrons. The van der Waals surface area contributed by atoms with E-state index in [0.717, 1.165) is 49.5 Å². The van der Waals surface area contributed by atoms with Crippen LogP contribution in [0.15, 0.2) is 91.3 Å². The molecule has 2 aliphatic heterocycles. The number of nitrogen functional groups attached to an aromatic ring is 1. The number of ether oxygens (including phenoxy) is 3. The summed E-state index contributed by atoms with van der Waals surface area (Å²) in [7, 11) is 1.61. The van der Waals surface area contributed by atoms with Gasteiger partial charge in [-0.05, 0) is 123 Å². The predicted molar refractivity (Wildman–Crippen MR) is 230 cm³/mol. The van der Waals surface area contributed by atoms with E-state index >= 15 is 0 Å². The minimum atomic E-state index is -1.23. The van der Waals surface area contributed by atoms with Gasteiger partial charge in [-0.1, -0.05) is 36.4 Å². The van der Waals surface area contributed by atoms with Gasteiger partial charge in [-0.3, -0.25) is 4.79 Å². The van der Waals surface area contributed by atoms with E-state index in [2.05, 4.69) is 16.5 Å². The number of halogens is 1. The Morgan fingerprint density at radius 3 is 2.40 bits per heavy atom. The van der Waals surface area contributed by atoms with Gasteiger partial charge in [-0.15, -0.1) is 0 Å². The molecule has 6 aliphatic rings. The summed E-state index contributed by atoms with van der Waals surface area (Å²) in [6.45, 7) is 4.77. The zero-order valence-electron chi connectivity index (χ0n) is 34.2. The molecule has 4 bridgehead atoms. The number of hydrogen-bond donors (Lipinski definition) is 2. The fourth-order valence-electron chi connectivity index (χ4n) is 11.1. The number of aliphatic carboxylic acids is 1. The number of fused-ring (bicyclic) bond motifs is 1. The number of rotatable bonds is 12. The number of carbonyl (C=O) groups excluding carboxylic acids is 1. The van der Waals surface area contributed by atoms with Gasteiger partial charge in [-0.25, -0.2) is 24.3 Å². The van der Waals surface area contributed by atoms with E-state index in [1.165, 1.54) is 18.8 Å². The molecule has 2 atom stereocenters. The van der Waals surface area contributed by atoms with Crippen molar-refractivity contribution in [1.29, 1.82) is 0 Å². The van der Waals surface area contributed by atoms with Crippen LogP contribution < -0.4 is 15.2 Å². The number of amides is 1. The number of benzene rings is 3. The molecule has 320 valence electrons. The Hall–Kier alpha value is -5.80. The molecule has 1 amide bonds. The second-order valence-electron chi connectivity index (χ2n) is 17.3. The Bertz CT molecular complexity index is 2570. The summed E-state index contributed by atoms with van der Waals surface area (Å²) in [4.78, 5) is 48.5. The number of likely N-dealkylation sites (tertiary alicyclic amines) is 1. The minimum Gasteiger partial charge on any atom is -0.487 e. The highest BCUT2D eigenvalue weighted by molar-refractivity contribution is 6.32. The third-order valence-corrected chi connectivity index (χ3v) is 13.9. The average molecular weight is 859 g/mol. The van der Waals surface area contributed by atoms with E-state index in [9.17, 15) is 14.7 Å². The Morgan fingerprint density at radius 2 is 1.73 bits per heavy atom. The third-order valence-electron chi connectivity index (χ3n) is 13.7. The summed E-state index contributed by atoms with van der Waals surface area (Å²) in [5.41, 5.74) is 8.99. The van der Waals surface area contributed by atoms with Crippen LogP contribution in [0.5, 0.6) is 17.2 Å². The highest BCUT2D eigenvalue weighted by atomic mass is 35.5. The van der Waals surface area contributed by atoms with Gasteiger partial charge in [0.25, 0.3) is 11.7 Å². The molecule has 3 N–H and O–H groups in total. The highest BCUT2D eigenvalue weighted by Crippen LogP contribution is 2.69. The van der Waals surface area contributed by atoms with Crippen LogP contribution in [0, 0.1) is 23.7 Å². The largest absolute Gasteiger partial charge is 0.487 e. The standard InChI is InChI=1S/C47H47ClN6O8/c1-27(25-59-42-31(12-15-39(55)56)22-34(23-38(42)48)47(58-2)46(61-62-47)32-18-28-17-29(20-32)21-33(46)19-28)45(57)53-16-6-7-35(24-53)54-44-40(43(49)50-26-51-44)41(52-54)30-10-13-37(14-11-30)60-36-8-4-3-5-9-36/h3-5,8-15,22-23,26,28-29,32-33,35H,1,6-7,16-21,24-25H2,2H3,(H,55,56)(H2,49,50,51)/b15-12+/t28?,29?,32?,33?,35-,46?,47?/m1/s1. The van der Waals surface area contributed by atoms with Crippen LogP contribution in [-0.4, -0.2) is 74.0 Å². The van der Waals surface area contributed by atoms with Crippen molar-refractivity contribution >= 4 is 46.4 Å². The van der Waals surface area contributed by atoms with Crippen LogP contribution in [-0.2, 0) is 29.9 Å². The number of methoxy groups -OCH3 is 1. The number of para-hydroxylation sites is 1. The van der Waals surface area contributed by atoms with Crippen molar-refractivity contribution in [1.82, 2.24) is 24.6 Å². The summed E-state index contributed by atoms with van der Waals surface area (Å²) in [6.07, 6.45) is 10.8. The first-order valence-corrected chi connectivity index (χ1v) is 21.5. The van der Waals surface area contributed by atoms with Crippen LogP contribution in [0.4, 0.5) is 5.82 Å². The maximum atomic E-state index is 14.0. The lowest BCUT2D eigenvalue weighted by Crippen LogP contribution is -2.76. The SMILES string of the molecule is C=C(COc1c(Cl)cc(C2(OC)OOC23C2CC4CC(C2)CC3C4)cc1/C=C/C(=O)O)C(=O)N1CCC[C@@H](n2nc(-c3ccc(Oc4ccccc4)cc3)c3c(N)ncnc32)C1. The number of aromatic nitrogens is 4. The van der Waals surface area contributed by atoms with E-state index in [0.29, 0.717) is 70.8 Å². The Balaban J connectivity index is 0.865. The second kappa shape index (κ2) is 15.8. The van der Waals surface area contributed by atoms with Gasteiger partial charge in [0, 0.05) is 48.5 Å². The molecular weight excluding hydrogens is 812 g/mol. The molecule has 3 aromatic carbocycles. The highest BCUT2D eigenvalue weighted by Gasteiger charge is 2.76. The third kappa shape index (κ3) is 6.71. The summed E-state index contributed by atoms with van der Waals surface area (Å²) in [5, 5.41) is 15.5. The lowest BCUT2D eigenvalue weighted by molar-refractivity contribution is -0.645. The zero-order chi connectivity index (χ0) is 42.8. The normalized spacial score (nSPS) is 27.5. The molecule has 4 heterocycles. The van der Waals surface area contributed by atoms with Gasteiger partial charge in [0.05, 0.1) is 16.5 Å². The summed E-state index contributed by atoms with van der Waals surface area (Å²) in [5.74, 6) is 1.16. The fourth-order valence-corrected chi connectivity index (χ4v) is 11.4. The first kappa shape index (κ1) is 40.3. The number of hydrogen-bond acceptors (Lipinski definition) is 11. The lowest BCUT2D eigenvalue weighted by Gasteiger charge is -2.68. The van der Waals surface area contributed by atoms with E-state index in [1.807, 2.05) is 59.3 Å². The van der Waals surface area contributed by atoms with Crippen LogP contribution in [0.3, 0.4) is 0 Å². The quantitative estimate of drug-likeness (QED) is 0.0908. The van der Waals surface area contributed by atoms with Crippen LogP contribution in [0.25, 0.3) is 28.4 Å². The Labute approximate surface area is 363 Å². The summed E-state index contributed by atoms with van der Waals surface area (Å²) < 4.78 is 20.3. The van der Waals surface area contributed by atoms with Crippen molar-refractivity contribution in [3.05, 3.63) is 107 Å². The Kier molecular flexibility index (Phi) is 10.3. The van der Waals surface area contributed by atoms with Crippen molar-refractivity contribution in [2.75, 3.05) is 32.5 Å². The summed E-state index contributed by atoms with van der Waals surface area (Å²) in [6, 6.07) is 20.4. The van der Waals surface area contributed by atoms with Gasteiger partial charge in [0.15, 0.2) is 11.2 Å². The number of carboxylic acids is 1. The molecular formula is C47H47ClN6O8. The summed E-state index contributed by atoms with van der Waals surface area (Å²) >= 11 is 7.00. The van der Waals surface area contributed by atoms with Crippen molar-refractivity contribution in [2.45, 2.75) is 62.4 Å². The molecule has 5 aromatic rings. The average Bonchev–Trinajstić information content (AvgIpc) is 3.66. The smallest absolute Gasteiger partial charge is 0.328 e. The van der Waals surface area contributed by atoms with Crippen LogP contribution in [0.1, 0.15) is 62.1 Å². The minimum absolute atomic E-state index is 0.193. The van der Waals surface area contributed by atoms with E-state index < -0.39 is 17.4 Å². The lowest BCUT2D eigenvalue weighted by atomic mass is 9.47. The maximum absolute atomic E-state index is 14.0. The van der Waals surface area contributed by atoms with Crippen molar-refractivity contribution in [3.8, 4) is 28.5 Å². The molecule has 2 aromatic heterocycles. The molecule has 14 nitrogen and oxygen atoms in total. The maximum Gasteiger partial charge on any atom is 0.328 e. The number of nitrogens with zero attached hydrogens (tertiary/aromatic N) is 5. The molecule has 2 saturated heterocycles. The molecule has 1 spiro atoms. The molecule has 11 rings (SSSR count). The second-order valence-corrected chi connectivity index (χ2v) is 17.7. The van der Waals surface area contributed by atoms with Crippen molar-refractivity contribution in [3.63, 3.8) is 0 Å². The number of anilines is 1. The van der Waals surface area contributed by atoms with Gasteiger partial charge in [0.2, 0.25) is 0 Å². The fraction of sp³-hybridized carbons (Fsp3) is 0.383. The molecule has 4 aliphatic carbocycles. The van der Waals surface area contributed by atoms with Crippen molar-refractivity contribution < 1.29 is 38.7 Å². The Morgan fingerprint density at radius 1 is 1.00 bits per heavy atom. The van der Waals surface area contributed by atoms with E-state index in [4.69, 9.17) is 46.4 Å². The van der Waals surface area contributed by atoms with E-state index in [-0.39, 0.29) is 46.7 Å². The van der Waals surface area contributed by atoms with Gasteiger partial charge in [0.1, 0.15) is 41.7 Å². The zero-order valence-corrected chi connectivity index (χ0v) is 35.0. The number of nitrogens with two attached hydrogens (primary N) is 1. The molecule has 15 heteroatoms.